The predicted octanol–water partition coefficient (Wildman–Crippen LogP) is 1.45. The van der Waals surface area contributed by atoms with Crippen molar-refractivity contribution < 1.29 is 9.90 Å². The van der Waals surface area contributed by atoms with Gasteiger partial charge in [-0.2, -0.15) is 0 Å². The topological polar surface area (TPSA) is 37.3 Å². The molecule has 0 aromatic heterocycles. The van der Waals surface area contributed by atoms with E-state index in [1.807, 2.05) is 0 Å². The van der Waals surface area contributed by atoms with E-state index >= 15 is 0 Å². The summed E-state index contributed by atoms with van der Waals surface area (Å²) in [5.74, 6) is -0.657. The summed E-state index contributed by atoms with van der Waals surface area (Å²) in [5, 5.41) is 8.44. The molecule has 1 atom stereocenters. The Kier molecular flexibility index (Phi) is 6.73. The summed E-state index contributed by atoms with van der Waals surface area (Å²) in [6, 6.07) is 0. The number of hydrogen-bond donors (Lipinski definition) is 1. The Labute approximate surface area is 77.3 Å². The Hall–Kier alpha value is 0.619. The molecule has 4 heteroatoms. The van der Waals surface area contributed by atoms with E-state index < -0.39 is 5.97 Å². The molecule has 1 N–H and O–H groups in total. The van der Waals surface area contributed by atoms with Crippen LogP contribution in [0, 0.1) is 0 Å². The summed E-state index contributed by atoms with van der Waals surface area (Å²) in [7, 11) is 1.51. The van der Waals surface area contributed by atoms with Gasteiger partial charge in [-0.1, -0.05) is 0 Å². The summed E-state index contributed by atoms with van der Waals surface area (Å²) < 4.78 is 0. The van der Waals surface area contributed by atoms with E-state index in [0.29, 0.717) is 0 Å². The van der Waals surface area contributed by atoms with Crippen LogP contribution in [-0.4, -0.2) is 37.5 Å². The SMILES string of the molecule is CCCCC([S][Sn])C(=O)O. The van der Waals surface area contributed by atoms with Gasteiger partial charge in [0.1, 0.15) is 0 Å². The number of hydrogen-bond acceptors (Lipinski definition) is 2. The molecule has 3 radical (unpaired) electrons. The van der Waals surface area contributed by atoms with E-state index in [9.17, 15) is 4.79 Å². The standard InChI is InChI=1S/C6H12O2S.Sn/c1-2-3-4-5(9)6(7)8;/h5,9H,2-4H2,1H3,(H,7,8);/q;+1/p-1. The third-order valence-electron chi connectivity index (χ3n) is 1.24. The Morgan fingerprint density at radius 1 is 1.80 bits per heavy atom. The van der Waals surface area contributed by atoms with E-state index in [2.05, 4.69) is 6.92 Å². The first-order valence-corrected chi connectivity index (χ1v) is 7.65. The second kappa shape index (κ2) is 6.34. The van der Waals surface area contributed by atoms with Crippen molar-refractivity contribution in [3.63, 3.8) is 0 Å². The molecule has 0 saturated heterocycles. The molecule has 10 heavy (non-hydrogen) atoms. The zero-order valence-electron chi connectivity index (χ0n) is 5.96. The van der Waals surface area contributed by atoms with Crippen LogP contribution in [0.3, 0.4) is 0 Å². The van der Waals surface area contributed by atoms with Gasteiger partial charge < -0.3 is 0 Å². The molecule has 1 unspecified atom stereocenters. The molecule has 0 aromatic rings. The fraction of sp³-hybridized carbons (Fsp3) is 0.833. The van der Waals surface area contributed by atoms with Crippen LogP contribution in [0.5, 0.6) is 0 Å². The molecule has 57 valence electrons. The van der Waals surface area contributed by atoms with Crippen molar-refractivity contribution in [2.75, 3.05) is 0 Å². The number of unbranched alkanes of at least 4 members (excludes halogenated alkanes) is 1. The maximum absolute atomic E-state index is 10.4. The Balaban J connectivity index is 3.50. The van der Waals surface area contributed by atoms with Gasteiger partial charge in [0.25, 0.3) is 0 Å². The first-order valence-electron chi connectivity index (χ1n) is 3.27. The van der Waals surface area contributed by atoms with E-state index in [1.54, 1.807) is 0 Å². The summed E-state index contributed by atoms with van der Waals surface area (Å²) in [4.78, 5) is 10.4. The van der Waals surface area contributed by atoms with Gasteiger partial charge in [-0.25, -0.2) is 0 Å². The van der Waals surface area contributed by atoms with Crippen molar-refractivity contribution in [1.29, 1.82) is 0 Å². The second-order valence-electron chi connectivity index (χ2n) is 2.09. The van der Waals surface area contributed by atoms with Crippen LogP contribution in [0.4, 0.5) is 0 Å². The summed E-state index contributed by atoms with van der Waals surface area (Å²) in [6.45, 7) is 2.08. The van der Waals surface area contributed by atoms with Crippen LogP contribution in [0.25, 0.3) is 0 Å². The van der Waals surface area contributed by atoms with Crippen molar-refractivity contribution in [3.8, 4) is 0 Å². The fourth-order valence-electron chi connectivity index (χ4n) is 0.622. The normalized spacial score (nSPS) is 13.0. The molecule has 0 amide bonds. The van der Waals surface area contributed by atoms with Crippen molar-refractivity contribution >= 4 is 36.1 Å². The summed E-state index contributed by atoms with van der Waals surface area (Å²) >= 11 is 1.25. The molecule has 0 aliphatic heterocycles. The van der Waals surface area contributed by atoms with Gasteiger partial charge in [0.15, 0.2) is 0 Å². The quantitative estimate of drug-likeness (QED) is 0.765. The zero-order valence-corrected chi connectivity index (χ0v) is 9.63. The molecule has 0 spiro atoms. The average Bonchev–Trinajstić information content (AvgIpc) is 1.89. The van der Waals surface area contributed by atoms with E-state index in [4.69, 9.17) is 5.11 Å². The first kappa shape index (κ1) is 10.6. The average molecular weight is 266 g/mol. The van der Waals surface area contributed by atoms with Crippen LogP contribution in [-0.2, 0) is 4.79 Å². The van der Waals surface area contributed by atoms with Crippen LogP contribution >= 0.6 is 8.95 Å². The number of carboxylic acids is 1. The number of aliphatic carboxylic acids is 1. The van der Waals surface area contributed by atoms with Gasteiger partial charge in [0.2, 0.25) is 0 Å². The minimum absolute atomic E-state index is 0.154. The van der Waals surface area contributed by atoms with Gasteiger partial charge in [0.05, 0.1) is 0 Å². The van der Waals surface area contributed by atoms with Crippen molar-refractivity contribution in [2.24, 2.45) is 0 Å². The van der Waals surface area contributed by atoms with E-state index in [1.165, 1.54) is 30.1 Å². The second-order valence-corrected chi connectivity index (χ2v) is 4.91. The third-order valence-corrected chi connectivity index (χ3v) is 4.40. The summed E-state index contributed by atoms with van der Waals surface area (Å²) in [6.07, 6.45) is 2.93. The van der Waals surface area contributed by atoms with Crippen LogP contribution in [0.2, 0.25) is 0 Å². The molecule has 0 bridgehead atoms. The maximum atomic E-state index is 10.4. The Morgan fingerprint density at radius 2 is 2.40 bits per heavy atom. The molecule has 0 saturated carbocycles. The zero-order chi connectivity index (χ0) is 7.98. The predicted molar refractivity (Wildman–Crippen MR) is 44.3 cm³/mol. The fourth-order valence-corrected chi connectivity index (χ4v) is 2.88. The Morgan fingerprint density at radius 3 is 2.70 bits per heavy atom. The van der Waals surface area contributed by atoms with Gasteiger partial charge in [0, 0.05) is 0 Å². The van der Waals surface area contributed by atoms with Crippen LogP contribution < -0.4 is 0 Å². The number of rotatable bonds is 5. The molecule has 0 rings (SSSR count). The molecule has 0 aromatic carbocycles. The minimum atomic E-state index is -0.657. The van der Waals surface area contributed by atoms with Crippen molar-refractivity contribution in [1.82, 2.24) is 0 Å². The van der Waals surface area contributed by atoms with Gasteiger partial charge in [-0.3, -0.25) is 0 Å². The number of carbonyl (C=O) groups is 1. The number of carboxylic acid groups (broad SMARTS) is 1. The van der Waals surface area contributed by atoms with Gasteiger partial charge >= 0.3 is 77.4 Å². The van der Waals surface area contributed by atoms with E-state index in [-0.39, 0.29) is 5.25 Å². The first-order chi connectivity index (χ1) is 4.72. The molecule has 0 fully saturated rings. The monoisotopic (exact) mass is 267 g/mol. The molecular weight excluding hydrogens is 255 g/mol. The van der Waals surface area contributed by atoms with Crippen molar-refractivity contribution in [3.05, 3.63) is 0 Å². The van der Waals surface area contributed by atoms with Gasteiger partial charge in [-0.15, -0.1) is 0 Å². The molecule has 0 aliphatic carbocycles. The molecule has 0 heterocycles. The molecule has 0 aliphatic rings. The van der Waals surface area contributed by atoms with Crippen LogP contribution in [0.1, 0.15) is 26.2 Å². The summed E-state index contributed by atoms with van der Waals surface area (Å²) in [5.41, 5.74) is 0. The Bertz CT molecular complexity index is 108. The van der Waals surface area contributed by atoms with Crippen LogP contribution in [0.15, 0.2) is 0 Å². The van der Waals surface area contributed by atoms with E-state index in [0.717, 1.165) is 19.3 Å². The molecular formula is C6H11O2SSn. The van der Waals surface area contributed by atoms with Gasteiger partial charge in [-0.05, 0) is 0 Å². The van der Waals surface area contributed by atoms with Crippen molar-refractivity contribution in [2.45, 2.75) is 31.4 Å². The third kappa shape index (κ3) is 4.44. The molecule has 2 nitrogen and oxygen atoms in total.